The highest BCUT2D eigenvalue weighted by Gasteiger charge is 2.61. The summed E-state index contributed by atoms with van der Waals surface area (Å²) in [5.74, 6) is -0.730. The van der Waals surface area contributed by atoms with Crippen LogP contribution in [0.1, 0.15) is 69.5 Å². The van der Waals surface area contributed by atoms with Crippen molar-refractivity contribution in [1.82, 2.24) is 0 Å². The second kappa shape index (κ2) is 32.8. The first-order valence-electron chi connectivity index (χ1n) is 33.4. The number of aliphatic hydroxyl groups excluding tert-OH is 1. The van der Waals surface area contributed by atoms with Gasteiger partial charge in [-0.15, -0.1) is 6.58 Å². The largest absolute Gasteiger partial charge is 0.453 e. The molecule has 7 fully saturated rings. The summed E-state index contributed by atoms with van der Waals surface area (Å²) in [6.07, 6.45) is -24.3. The lowest BCUT2D eigenvalue weighted by molar-refractivity contribution is -0.419. The maximum absolute atomic E-state index is 15.1. The molecule has 0 aromatic heterocycles. The maximum atomic E-state index is 15.1. The standard InChI is InChI=1S/C76H79N3O20/c1-3-39-82-74-58(80)64(61-55(91-74)44-87-71(95-61)52-35-21-9-22-36-52)98-73-57(78-79-77)63(60-54(90-73)43-86-70(94-60)51-33-19-8-20-34-51)97-76-68(66(93-69(81)50-31-17-7-18-32-50)62-56(92-76)45-88-72(96-62)53-37-23-10-24-38-53)99-75-67(85-42-49-29-15-6-16-30-49)65(84-41-48-27-13-5-14-28-48)59(46(2)89-75)83-40-47-25-11-4-12-26-47/h3-38,46,54-68,70-76,80H,1,39-45H2,2H3/t46-,54+,55+,56+,57+,58+,59+,60-,61-,62-,63+,64+,65+,66-,67-,68+,70-,71-,72-,73-,74-,75-,76-/m0/s1. The first kappa shape index (κ1) is 68.5. The quantitative estimate of drug-likeness (QED) is 0.0194. The zero-order chi connectivity index (χ0) is 67.4. The van der Waals surface area contributed by atoms with Gasteiger partial charge in [0.05, 0.1) is 57.9 Å². The molecule has 23 nitrogen and oxygen atoms in total. The van der Waals surface area contributed by atoms with Crippen LogP contribution >= 0.6 is 0 Å². The molecular formula is C76H79N3O20. The maximum Gasteiger partial charge on any atom is 0.338 e. The highest BCUT2D eigenvalue weighted by atomic mass is 16.8. The van der Waals surface area contributed by atoms with Gasteiger partial charge in [-0.25, -0.2) is 4.79 Å². The molecule has 7 aliphatic heterocycles. The Hall–Kier alpha value is -7.66. The Morgan fingerprint density at radius 1 is 0.465 bits per heavy atom. The summed E-state index contributed by atoms with van der Waals surface area (Å²) in [6, 6.07) is 64.2. The first-order chi connectivity index (χ1) is 48.7. The molecule has 7 heterocycles. The highest BCUT2D eigenvalue weighted by molar-refractivity contribution is 5.89. The molecule has 23 atom stereocenters. The van der Waals surface area contributed by atoms with Gasteiger partial charge in [-0.2, -0.15) is 0 Å². The lowest BCUT2D eigenvalue weighted by Gasteiger charge is -2.54. The SMILES string of the molecule is C=CCO[C@H]1O[C@@H]2CO[C@H](c3ccccc3)O[C@@H]2[C@H](O[C@@H]2O[C@@H]3CO[C@H](c4ccccc4)O[C@@H]3[C@H](O[C@@H]3O[C@@H]4CO[C@H](c5ccccc5)O[C@@H]4[C@H](OC(=O)c4ccccc4)[C@H]3O[C@@H]3O[C@@H](C)[C@@H](OCc4ccccc4)[C@@H](OCc4ccccc4)[C@@H]3OCc3ccccc3)[C@H]2N=[N+]=[N-])[C@H]1O. The summed E-state index contributed by atoms with van der Waals surface area (Å²) in [7, 11) is 0. The number of benzene rings is 7. The summed E-state index contributed by atoms with van der Waals surface area (Å²) in [5.41, 5.74) is 15.8. The molecular weight excluding hydrogens is 1270 g/mol. The van der Waals surface area contributed by atoms with Crippen LogP contribution in [0.3, 0.4) is 0 Å². The predicted molar refractivity (Wildman–Crippen MR) is 351 cm³/mol. The molecule has 0 amide bonds. The second-order valence-electron chi connectivity index (χ2n) is 25.0. The number of fused-ring (bicyclic) bond motifs is 3. The average molecular weight is 1350 g/mol. The minimum Gasteiger partial charge on any atom is -0.453 e. The van der Waals surface area contributed by atoms with Crippen molar-refractivity contribution in [3.8, 4) is 0 Å². The van der Waals surface area contributed by atoms with Crippen LogP contribution in [0.2, 0.25) is 0 Å². The molecule has 1 N–H and O–H groups in total. The molecule has 14 rings (SSSR count). The third-order valence-corrected chi connectivity index (χ3v) is 18.4. The van der Waals surface area contributed by atoms with Gasteiger partial charge in [-0.1, -0.05) is 211 Å². The number of azide groups is 1. The number of nitrogens with zero attached hydrogens (tertiary/aromatic N) is 3. The number of esters is 1. The zero-order valence-electron chi connectivity index (χ0n) is 54.3. The predicted octanol–water partition coefficient (Wildman–Crippen LogP) is 10.6. The van der Waals surface area contributed by atoms with E-state index in [0.717, 1.165) is 16.7 Å². The Bertz CT molecular complexity index is 3710. The molecule has 0 radical (unpaired) electrons. The molecule has 0 aliphatic carbocycles. The number of ether oxygens (including phenoxy) is 18. The monoisotopic (exact) mass is 1350 g/mol. The minimum atomic E-state index is -1.65. The lowest BCUT2D eigenvalue weighted by atomic mass is 9.93. The topological polar surface area (TPSA) is 252 Å². The van der Waals surface area contributed by atoms with Gasteiger partial charge in [-0.05, 0) is 41.3 Å². The van der Waals surface area contributed by atoms with Gasteiger partial charge in [0.15, 0.2) is 56.2 Å². The van der Waals surface area contributed by atoms with Crippen LogP contribution in [0.5, 0.6) is 0 Å². The fraction of sp³-hybridized carbons (Fsp3) is 0.408. The molecule has 7 saturated heterocycles. The highest BCUT2D eigenvalue weighted by Crippen LogP contribution is 2.45. The first-order valence-corrected chi connectivity index (χ1v) is 33.4. The van der Waals surface area contributed by atoms with Gasteiger partial charge in [0.25, 0.3) is 0 Å². The summed E-state index contributed by atoms with van der Waals surface area (Å²) in [5, 5.41) is 16.9. The van der Waals surface area contributed by atoms with Crippen LogP contribution in [0.15, 0.2) is 230 Å². The van der Waals surface area contributed by atoms with Gasteiger partial charge < -0.3 is 90.4 Å². The van der Waals surface area contributed by atoms with Crippen molar-refractivity contribution in [2.75, 3.05) is 26.4 Å². The second-order valence-corrected chi connectivity index (χ2v) is 25.0. The van der Waals surface area contributed by atoms with E-state index < -0.39 is 148 Å². The van der Waals surface area contributed by atoms with Crippen molar-refractivity contribution >= 4 is 5.97 Å². The third kappa shape index (κ3) is 16.1. The fourth-order valence-corrected chi connectivity index (χ4v) is 13.5. The van der Waals surface area contributed by atoms with E-state index >= 15 is 4.79 Å². The molecule has 7 aliphatic rings. The van der Waals surface area contributed by atoms with Gasteiger partial charge in [0, 0.05) is 21.6 Å². The number of carbonyl (C=O) groups excluding carboxylic acids is 1. The minimum absolute atomic E-state index is 0.00418. The van der Waals surface area contributed by atoms with Crippen LogP contribution < -0.4 is 0 Å². The van der Waals surface area contributed by atoms with E-state index in [1.165, 1.54) is 6.08 Å². The molecule has 23 heteroatoms. The molecule has 0 unspecified atom stereocenters. The Morgan fingerprint density at radius 3 is 1.34 bits per heavy atom. The van der Waals surface area contributed by atoms with E-state index in [1.54, 1.807) is 30.3 Å². The van der Waals surface area contributed by atoms with Gasteiger partial charge in [0.2, 0.25) is 0 Å². The molecule has 518 valence electrons. The molecule has 99 heavy (non-hydrogen) atoms. The lowest BCUT2D eigenvalue weighted by Crippen LogP contribution is -2.70. The van der Waals surface area contributed by atoms with E-state index in [1.807, 2.05) is 189 Å². The summed E-state index contributed by atoms with van der Waals surface area (Å²) in [4.78, 5) is 18.5. The fourth-order valence-electron chi connectivity index (χ4n) is 13.5. The number of rotatable bonds is 24. The molecule has 7 aromatic carbocycles. The van der Waals surface area contributed by atoms with Crippen molar-refractivity contribution in [2.24, 2.45) is 5.11 Å². The van der Waals surface area contributed by atoms with E-state index in [9.17, 15) is 10.6 Å². The third-order valence-electron chi connectivity index (χ3n) is 18.4. The van der Waals surface area contributed by atoms with Crippen molar-refractivity contribution in [3.63, 3.8) is 0 Å². The number of hydrogen-bond donors (Lipinski definition) is 1. The normalized spacial score (nSPS) is 34.3. The van der Waals surface area contributed by atoms with Gasteiger partial charge in [-0.3, -0.25) is 0 Å². The van der Waals surface area contributed by atoms with Crippen molar-refractivity contribution in [2.45, 2.75) is 168 Å². The smallest absolute Gasteiger partial charge is 0.338 e. The van der Waals surface area contributed by atoms with Crippen LogP contribution in [0.4, 0.5) is 0 Å². The van der Waals surface area contributed by atoms with Crippen LogP contribution in [-0.2, 0) is 105 Å². The van der Waals surface area contributed by atoms with Crippen molar-refractivity contribution in [3.05, 3.63) is 274 Å². The Morgan fingerprint density at radius 2 is 0.859 bits per heavy atom. The van der Waals surface area contributed by atoms with Crippen LogP contribution in [0.25, 0.3) is 10.4 Å². The average Bonchev–Trinajstić information content (AvgIpc) is 0.763. The number of hydrogen-bond acceptors (Lipinski definition) is 21. The van der Waals surface area contributed by atoms with Gasteiger partial charge >= 0.3 is 5.97 Å². The summed E-state index contributed by atoms with van der Waals surface area (Å²) in [6.45, 7) is 5.88. The Balaban J connectivity index is 0.876. The van der Waals surface area contributed by atoms with E-state index in [0.29, 0.717) is 16.7 Å². The molecule has 0 bridgehead atoms. The number of aliphatic hydroxyl groups is 1. The zero-order valence-corrected chi connectivity index (χ0v) is 54.3. The summed E-state index contributed by atoms with van der Waals surface area (Å²) < 4.78 is 123. The Kier molecular flexibility index (Phi) is 22.7. The molecule has 7 aromatic rings. The Labute approximate surface area is 573 Å². The van der Waals surface area contributed by atoms with Crippen molar-refractivity contribution in [1.29, 1.82) is 0 Å². The molecule has 0 saturated carbocycles. The van der Waals surface area contributed by atoms with Gasteiger partial charge in [0.1, 0.15) is 79.3 Å². The molecule has 0 spiro atoms. The van der Waals surface area contributed by atoms with Crippen molar-refractivity contribution < 1.29 is 95.2 Å². The number of carbonyl (C=O) groups is 1. The summed E-state index contributed by atoms with van der Waals surface area (Å²) >= 11 is 0. The van der Waals surface area contributed by atoms with E-state index in [4.69, 9.17) is 85.3 Å². The van der Waals surface area contributed by atoms with Crippen LogP contribution in [-0.4, -0.2) is 160 Å². The van der Waals surface area contributed by atoms with E-state index in [2.05, 4.69) is 16.6 Å². The van der Waals surface area contributed by atoms with Crippen LogP contribution in [0, 0.1) is 0 Å². The van der Waals surface area contributed by atoms with E-state index in [-0.39, 0.29) is 51.8 Å².